The van der Waals surface area contributed by atoms with E-state index in [-0.39, 0.29) is 5.92 Å². The molecular weight excluding hydrogens is 387 g/mol. The standard InChI is InChI=1S/C17H20Cl2O3S2/c18-12-8-13(19)10-14(9-12)22-11-15-16(21)2-3-17(15)24-7-6-23-5-1-4-20/h3-4,8-10,15-16,21H,1-2,5-7,11H2/t15-,16+/m0/s1. The van der Waals surface area contributed by atoms with Crippen molar-refractivity contribution in [1.82, 2.24) is 0 Å². The van der Waals surface area contributed by atoms with Crippen LogP contribution in [0.3, 0.4) is 0 Å². The van der Waals surface area contributed by atoms with Crippen molar-refractivity contribution < 1.29 is 14.6 Å². The molecule has 7 heteroatoms. The molecule has 0 radical (unpaired) electrons. The highest BCUT2D eigenvalue weighted by Crippen LogP contribution is 2.36. The number of carbonyl (C=O) groups excluding carboxylic acids is 1. The van der Waals surface area contributed by atoms with Gasteiger partial charge in [0.05, 0.1) is 18.6 Å². The number of rotatable bonds is 10. The van der Waals surface area contributed by atoms with E-state index in [2.05, 4.69) is 6.08 Å². The highest BCUT2D eigenvalue weighted by Gasteiger charge is 2.29. The predicted molar refractivity (Wildman–Crippen MR) is 105 cm³/mol. The number of aldehydes is 1. The molecule has 1 aromatic carbocycles. The van der Waals surface area contributed by atoms with Crippen molar-refractivity contribution >= 4 is 53.0 Å². The summed E-state index contributed by atoms with van der Waals surface area (Å²) in [5.41, 5.74) is 0. The maximum Gasteiger partial charge on any atom is 0.122 e. The molecular formula is C17H20Cl2O3S2. The molecule has 0 bridgehead atoms. The molecule has 0 aliphatic heterocycles. The van der Waals surface area contributed by atoms with Crippen molar-refractivity contribution in [3.05, 3.63) is 39.2 Å². The molecule has 0 spiro atoms. The van der Waals surface area contributed by atoms with E-state index in [9.17, 15) is 9.90 Å². The fourth-order valence-electron chi connectivity index (χ4n) is 2.35. The zero-order chi connectivity index (χ0) is 17.4. The SMILES string of the molecule is O=CCCSCCSC1=CC[C@@H](O)[C@@H]1COc1cc(Cl)cc(Cl)c1. The number of thioether (sulfide) groups is 2. The summed E-state index contributed by atoms with van der Waals surface area (Å²) in [6.45, 7) is 0.398. The Hall–Kier alpha value is -0.330. The minimum absolute atomic E-state index is 0.0206. The smallest absolute Gasteiger partial charge is 0.122 e. The predicted octanol–water partition coefficient (Wildman–Crippen LogP) is 4.69. The lowest BCUT2D eigenvalue weighted by Crippen LogP contribution is -2.23. The van der Waals surface area contributed by atoms with Crippen molar-refractivity contribution in [2.24, 2.45) is 5.92 Å². The summed E-state index contributed by atoms with van der Waals surface area (Å²) in [5.74, 6) is 3.41. The van der Waals surface area contributed by atoms with Gasteiger partial charge in [-0.25, -0.2) is 0 Å². The van der Waals surface area contributed by atoms with E-state index in [1.165, 1.54) is 4.91 Å². The normalized spacial score (nSPS) is 20.0. The van der Waals surface area contributed by atoms with Crippen LogP contribution in [0.15, 0.2) is 29.2 Å². The molecule has 2 atom stereocenters. The lowest BCUT2D eigenvalue weighted by Gasteiger charge is -2.19. The Morgan fingerprint density at radius 2 is 1.96 bits per heavy atom. The van der Waals surface area contributed by atoms with E-state index < -0.39 is 6.10 Å². The maximum atomic E-state index is 10.3. The Morgan fingerprint density at radius 3 is 2.67 bits per heavy atom. The third kappa shape index (κ3) is 6.52. The second-order valence-electron chi connectivity index (χ2n) is 5.35. The summed E-state index contributed by atoms with van der Waals surface area (Å²) < 4.78 is 5.78. The molecule has 0 saturated heterocycles. The average molecular weight is 407 g/mol. The van der Waals surface area contributed by atoms with E-state index in [4.69, 9.17) is 27.9 Å². The monoisotopic (exact) mass is 406 g/mol. The Bertz CT molecular complexity index is 561. The van der Waals surface area contributed by atoms with Gasteiger partial charge in [-0.3, -0.25) is 0 Å². The average Bonchev–Trinajstić information content (AvgIpc) is 2.88. The van der Waals surface area contributed by atoms with E-state index in [0.29, 0.717) is 35.2 Å². The second-order valence-corrected chi connectivity index (χ2v) is 8.61. The molecule has 1 aliphatic rings. The zero-order valence-corrected chi connectivity index (χ0v) is 16.3. The van der Waals surface area contributed by atoms with Crippen LogP contribution in [0, 0.1) is 5.92 Å². The van der Waals surface area contributed by atoms with Crippen molar-refractivity contribution in [2.45, 2.75) is 18.9 Å². The highest BCUT2D eigenvalue weighted by atomic mass is 35.5. The largest absolute Gasteiger partial charge is 0.493 e. The van der Waals surface area contributed by atoms with Crippen LogP contribution in [0.4, 0.5) is 0 Å². The number of halogens is 2. The van der Waals surface area contributed by atoms with Gasteiger partial charge in [0.2, 0.25) is 0 Å². The molecule has 3 nitrogen and oxygen atoms in total. The van der Waals surface area contributed by atoms with Crippen LogP contribution in [-0.2, 0) is 4.79 Å². The lowest BCUT2D eigenvalue weighted by molar-refractivity contribution is -0.107. The van der Waals surface area contributed by atoms with Gasteiger partial charge in [-0.1, -0.05) is 29.3 Å². The fraction of sp³-hybridized carbons (Fsp3) is 0.471. The first-order chi connectivity index (χ1) is 11.6. The van der Waals surface area contributed by atoms with Crippen molar-refractivity contribution in [1.29, 1.82) is 0 Å². The first-order valence-electron chi connectivity index (χ1n) is 7.71. The van der Waals surface area contributed by atoms with Gasteiger partial charge in [0.1, 0.15) is 12.0 Å². The van der Waals surface area contributed by atoms with Gasteiger partial charge < -0.3 is 14.6 Å². The van der Waals surface area contributed by atoms with Crippen LogP contribution in [0.2, 0.25) is 10.0 Å². The molecule has 0 amide bonds. The second kappa shape index (κ2) is 10.6. The van der Waals surface area contributed by atoms with Gasteiger partial charge in [-0.05, 0) is 35.3 Å². The van der Waals surface area contributed by atoms with Crippen LogP contribution in [0.1, 0.15) is 12.8 Å². The Balaban J connectivity index is 1.79. The summed E-state index contributed by atoms with van der Waals surface area (Å²) >= 11 is 15.5. The van der Waals surface area contributed by atoms with Gasteiger partial charge >= 0.3 is 0 Å². The van der Waals surface area contributed by atoms with Crippen LogP contribution >= 0.6 is 46.7 Å². The van der Waals surface area contributed by atoms with E-state index in [1.807, 2.05) is 0 Å². The summed E-state index contributed by atoms with van der Waals surface area (Å²) in [7, 11) is 0. The number of benzene rings is 1. The van der Waals surface area contributed by atoms with Crippen LogP contribution in [0.25, 0.3) is 0 Å². The van der Waals surface area contributed by atoms with E-state index in [0.717, 1.165) is 23.5 Å². The fourth-order valence-corrected chi connectivity index (χ4v) is 5.02. The minimum Gasteiger partial charge on any atom is -0.493 e. The molecule has 0 heterocycles. The van der Waals surface area contributed by atoms with E-state index in [1.54, 1.807) is 41.7 Å². The topological polar surface area (TPSA) is 46.5 Å². The van der Waals surface area contributed by atoms with Gasteiger partial charge in [0.25, 0.3) is 0 Å². The molecule has 1 aromatic rings. The first-order valence-corrected chi connectivity index (χ1v) is 10.6. The highest BCUT2D eigenvalue weighted by molar-refractivity contribution is 8.05. The van der Waals surface area contributed by atoms with Crippen LogP contribution < -0.4 is 4.74 Å². The number of ether oxygens (including phenoxy) is 1. The Kier molecular flexibility index (Phi) is 8.84. The lowest BCUT2D eigenvalue weighted by atomic mass is 10.1. The summed E-state index contributed by atoms with van der Waals surface area (Å²) in [4.78, 5) is 11.4. The Labute approximate surface area is 161 Å². The molecule has 2 rings (SSSR count). The molecule has 1 N–H and O–H groups in total. The minimum atomic E-state index is -0.412. The number of aliphatic hydroxyl groups excluding tert-OH is 1. The number of hydrogen-bond donors (Lipinski definition) is 1. The number of aliphatic hydroxyl groups is 1. The van der Waals surface area contributed by atoms with Crippen molar-refractivity contribution in [3.8, 4) is 5.75 Å². The van der Waals surface area contributed by atoms with Crippen molar-refractivity contribution in [3.63, 3.8) is 0 Å². The summed E-state index contributed by atoms with van der Waals surface area (Å²) in [5, 5.41) is 11.2. The summed E-state index contributed by atoms with van der Waals surface area (Å²) in [6, 6.07) is 5.09. The van der Waals surface area contributed by atoms with Crippen LogP contribution in [-0.4, -0.2) is 41.4 Å². The molecule has 1 aliphatic carbocycles. The molecule has 132 valence electrons. The zero-order valence-electron chi connectivity index (χ0n) is 13.1. The van der Waals surface area contributed by atoms with Crippen molar-refractivity contribution in [2.75, 3.05) is 23.9 Å². The van der Waals surface area contributed by atoms with Gasteiger partial charge in [0.15, 0.2) is 0 Å². The third-order valence-corrected chi connectivity index (χ3v) is 6.46. The molecule has 0 unspecified atom stereocenters. The molecule has 24 heavy (non-hydrogen) atoms. The molecule has 0 aromatic heterocycles. The number of hydrogen-bond acceptors (Lipinski definition) is 5. The van der Waals surface area contributed by atoms with Gasteiger partial charge in [0, 0.05) is 28.0 Å². The first kappa shape index (κ1) is 20.0. The molecule has 0 saturated carbocycles. The summed E-state index contributed by atoms with van der Waals surface area (Å²) in [6.07, 6.45) is 3.89. The quantitative estimate of drug-likeness (QED) is 0.450. The number of carbonyl (C=O) groups is 1. The van der Waals surface area contributed by atoms with Gasteiger partial charge in [-0.2, -0.15) is 11.8 Å². The maximum absolute atomic E-state index is 10.3. The molecule has 0 fully saturated rings. The Morgan fingerprint density at radius 1 is 1.21 bits per heavy atom. The van der Waals surface area contributed by atoms with E-state index >= 15 is 0 Å². The third-order valence-electron chi connectivity index (χ3n) is 3.53. The van der Waals surface area contributed by atoms with Gasteiger partial charge in [-0.15, -0.1) is 11.8 Å². The van der Waals surface area contributed by atoms with Crippen LogP contribution in [0.5, 0.6) is 5.75 Å².